The van der Waals surface area contributed by atoms with Crippen molar-refractivity contribution in [1.29, 1.82) is 0 Å². The third kappa shape index (κ3) is 5.46. The summed E-state index contributed by atoms with van der Waals surface area (Å²) in [7, 11) is 0. The normalized spacial score (nSPS) is 11.6. The Kier molecular flexibility index (Phi) is 5.10. The lowest BCUT2D eigenvalue weighted by Crippen LogP contribution is -2.21. The molecule has 0 atom stereocenters. The van der Waals surface area contributed by atoms with Gasteiger partial charge in [-0.3, -0.25) is 4.79 Å². The van der Waals surface area contributed by atoms with Gasteiger partial charge >= 0.3 is 6.18 Å². The molecule has 18 heavy (non-hydrogen) atoms. The summed E-state index contributed by atoms with van der Waals surface area (Å²) in [6.07, 6.45) is -4.67. The van der Waals surface area contributed by atoms with Gasteiger partial charge in [0.15, 0.2) is 5.78 Å². The molecule has 1 aromatic carbocycles. The maximum atomic E-state index is 13.0. The maximum absolute atomic E-state index is 13.0. The van der Waals surface area contributed by atoms with Gasteiger partial charge in [-0.25, -0.2) is 4.39 Å². The molecule has 0 amide bonds. The first-order valence-electron chi connectivity index (χ1n) is 4.88. The van der Waals surface area contributed by atoms with Crippen LogP contribution < -0.4 is 0 Å². The van der Waals surface area contributed by atoms with Crippen LogP contribution in [0.4, 0.5) is 17.6 Å². The van der Waals surface area contributed by atoms with E-state index in [9.17, 15) is 22.4 Å². The molecule has 0 spiro atoms. The highest BCUT2D eigenvalue weighted by molar-refractivity contribution is 6.30. The Morgan fingerprint density at radius 2 is 2.00 bits per heavy atom. The van der Waals surface area contributed by atoms with E-state index in [1.165, 1.54) is 12.1 Å². The van der Waals surface area contributed by atoms with E-state index in [1.54, 1.807) is 0 Å². The molecular formula is C11H9ClF4O2. The number of ether oxygens (including phenoxy) is 1. The van der Waals surface area contributed by atoms with Crippen LogP contribution in [0.1, 0.15) is 5.56 Å². The molecule has 0 aliphatic rings. The predicted molar refractivity (Wildman–Crippen MR) is 57.0 cm³/mol. The van der Waals surface area contributed by atoms with Crippen molar-refractivity contribution in [2.75, 3.05) is 13.2 Å². The van der Waals surface area contributed by atoms with Crippen molar-refractivity contribution < 1.29 is 27.1 Å². The van der Waals surface area contributed by atoms with E-state index in [-0.39, 0.29) is 11.4 Å². The Bertz CT molecular complexity index is 432. The molecule has 1 rings (SSSR count). The SMILES string of the molecule is O=C(COCC(F)(F)F)Cc1ccc(Cl)c(F)c1. The van der Waals surface area contributed by atoms with Crippen molar-refractivity contribution in [3.63, 3.8) is 0 Å². The number of hydrogen-bond donors (Lipinski definition) is 0. The molecule has 0 aromatic heterocycles. The quantitative estimate of drug-likeness (QED) is 0.776. The van der Waals surface area contributed by atoms with Gasteiger partial charge < -0.3 is 4.74 Å². The molecule has 0 N–H and O–H groups in total. The molecule has 0 saturated carbocycles. The molecule has 0 aliphatic heterocycles. The van der Waals surface area contributed by atoms with Gasteiger partial charge in [-0.15, -0.1) is 0 Å². The number of rotatable bonds is 5. The molecule has 0 bridgehead atoms. The van der Waals surface area contributed by atoms with E-state index < -0.39 is 31.0 Å². The first-order chi connectivity index (χ1) is 8.28. The Morgan fingerprint density at radius 1 is 1.33 bits per heavy atom. The second-order valence-corrected chi connectivity index (χ2v) is 3.98. The van der Waals surface area contributed by atoms with Gasteiger partial charge in [0.2, 0.25) is 0 Å². The standard InChI is InChI=1S/C11H9ClF4O2/c12-9-2-1-7(4-10(9)13)3-8(17)5-18-6-11(14,15)16/h1-2,4H,3,5-6H2. The number of carbonyl (C=O) groups is 1. The highest BCUT2D eigenvalue weighted by Crippen LogP contribution is 2.16. The van der Waals surface area contributed by atoms with Crippen LogP contribution in [0, 0.1) is 5.82 Å². The zero-order valence-corrected chi connectivity index (χ0v) is 9.82. The lowest BCUT2D eigenvalue weighted by molar-refractivity contribution is -0.175. The summed E-state index contributed by atoms with van der Waals surface area (Å²) >= 11 is 5.44. The van der Waals surface area contributed by atoms with Crippen LogP contribution in [0.15, 0.2) is 18.2 Å². The summed E-state index contributed by atoms with van der Waals surface area (Å²) in [6.45, 7) is -2.14. The summed E-state index contributed by atoms with van der Waals surface area (Å²) in [5.74, 6) is -1.25. The molecule has 0 radical (unpaired) electrons. The van der Waals surface area contributed by atoms with Gasteiger partial charge in [0.05, 0.1) is 5.02 Å². The average molecular weight is 285 g/mol. The fourth-order valence-electron chi connectivity index (χ4n) is 1.21. The average Bonchev–Trinajstić information content (AvgIpc) is 2.21. The molecule has 2 nitrogen and oxygen atoms in total. The van der Waals surface area contributed by atoms with Gasteiger partial charge in [-0.05, 0) is 17.7 Å². The third-order valence-corrected chi connectivity index (χ3v) is 2.22. The monoisotopic (exact) mass is 284 g/mol. The topological polar surface area (TPSA) is 26.3 Å². The summed E-state index contributed by atoms with van der Waals surface area (Å²) in [5.41, 5.74) is 0.331. The van der Waals surface area contributed by atoms with E-state index in [1.807, 2.05) is 0 Å². The van der Waals surface area contributed by atoms with Crippen molar-refractivity contribution in [3.05, 3.63) is 34.6 Å². The van der Waals surface area contributed by atoms with Crippen molar-refractivity contribution in [1.82, 2.24) is 0 Å². The van der Waals surface area contributed by atoms with Crippen LogP contribution in [0.5, 0.6) is 0 Å². The van der Waals surface area contributed by atoms with Crippen LogP contribution >= 0.6 is 11.6 Å². The van der Waals surface area contributed by atoms with Crippen LogP contribution in [-0.4, -0.2) is 25.2 Å². The largest absolute Gasteiger partial charge is 0.411 e. The van der Waals surface area contributed by atoms with E-state index >= 15 is 0 Å². The van der Waals surface area contributed by atoms with Crippen LogP contribution in [0.25, 0.3) is 0 Å². The maximum Gasteiger partial charge on any atom is 0.411 e. The Balaban J connectivity index is 2.42. The second-order valence-electron chi connectivity index (χ2n) is 3.57. The number of ketones is 1. The lowest BCUT2D eigenvalue weighted by Gasteiger charge is -2.07. The summed E-state index contributed by atoms with van der Waals surface area (Å²) in [6, 6.07) is 3.76. The highest BCUT2D eigenvalue weighted by Gasteiger charge is 2.27. The number of hydrogen-bond acceptors (Lipinski definition) is 2. The third-order valence-electron chi connectivity index (χ3n) is 1.91. The molecule has 0 heterocycles. The lowest BCUT2D eigenvalue weighted by atomic mass is 10.1. The first kappa shape index (κ1) is 14.9. The number of benzene rings is 1. The minimum atomic E-state index is -4.47. The molecule has 7 heteroatoms. The Labute approximate surface area is 105 Å². The zero-order chi connectivity index (χ0) is 13.8. The minimum Gasteiger partial charge on any atom is -0.364 e. The van der Waals surface area contributed by atoms with Crippen LogP contribution in [0.2, 0.25) is 5.02 Å². The first-order valence-corrected chi connectivity index (χ1v) is 5.26. The summed E-state index contributed by atoms with van der Waals surface area (Å²) in [4.78, 5) is 11.2. The number of halogens is 5. The van der Waals surface area contributed by atoms with Crippen molar-refractivity contribution in [2.45, 2.75) is 12.6 Å². The predicted octanol–water partition coefficient (Wildman–Crippen LogP) is 3.17. The van der Waals surface area contributed by atoms with E-state index in [0.717, 1.165) is 6.07 Å². The van der Waals surface area contributed by atoms with Crippen LogP contribution in [0.3, 0.4) is 0 Å². The van der Waals surface area contributed by atoms with Gasteiger partial charge in [-0.2, -0.15) is 13.2 Å². The van der Waals surface area contributed by atoms with Crippen molar-refractivity contribution in [2.24, 2.45) is 0 Å². The minimum absolute atomic E-state index is 0.0838. The van der Waals surface area contributed by atoms with Crippen LogP contribution in [-0.2, 0) is 16.0 Å². The zero-order valence-electron chi connectivity index (χ0n) is 9.06. The van der Waals surface area contributed by atoms with Gasteiger partial charge in [0, 0.05) is 6.42 Å². The molecule has 0 aliphatic carbocycles. The number of Topliss-reactive ketones (excluding diaryl/α,β-unsaturated/α-hetero) is 1. The Hall–Kier alpha value is -1.14. The fourth-order valence-corrected chi connectivity index (χ4v) is 1.33. The molecule has 0 unspecified atom stereocenters. The van der Waals surface area contributed by atoms with E-state index in [0.29, 0.717) is 5.56 Å². The number of alkyl halides is 3. The number of carbonyl (C=O) groups excluding carboxylic acids is 1. The molecule has 0 fully saturated rings. The molecule has 1 aromatic rings. The van der Waals surface area contributed by atoms with Crippen molar-refractivity contribution in [3.8, 4) is 0 Å². The van der Waals surface area contributed by atoms with Gasteiger partial charge in [-0.1, -0.05) is 17.7 Å². The van der Waals surface area contributed by atoms with Gasteiger partial charge in [0.1, 0.15) is 19.0 Å². The molecule has 0 saturated heterocycles. The van der Waals surface area contributed by atoms with Crippen molar-refractivity contribution >= 4 is 17.4 Å². The van der Waals surface area contributed by atoms with Gasteiger partial charge in [0.25, 0.3) is 0 Å². The van der Waals surface area contributed by atoms with E-state index in [4.69, 9.17) is 11.6 Å². The Morgan fingerprint density at radius 3 is 2.56 bits per heavy atom. The molecular weight excluding hydrogens is 276 g/mol. The summed E-state index contributed by atoms with van der Waals surface area (Å²) < 4.78 is 52.4. The summed E-state index contributed by atoms with van der Waals surface area (Å²) in [5, 5.41) is -0.0838. The second kappa shape index (κ2) is 6.15. The highest BCUT2D eigenvalue weighted by atomic mass is 35.5. The van der Waals surface area contributed by atoms with E-state index in [2.05, 4.69) is 4.74 Å². The molecule has 100 valence electrons. The smallest absolute Gasteiger partial charge is 0.364 e. The fraction of sp³-hybridized carbons (Fsp3) is 0.364.